The van der Waals surface area contributed by atoms with E-state index < -0.39 is 0 Å². The van der Waals surface area contributed by atoms with Crippen LogP contribution in [0.3, 0.4) is 0 Å². The number of imidazole rings is 2. The van der Waals surface area contributed by atoms with Crippen LogP contribution in [0.25, 0.3) is 34.0 Å². The number of para-hydroxylation sites is 1. The van der Waals surface area contributed by atoms with Crippen molar-refractivity contribution in [1.29, 1.82) is 0 Å². The topological polar surface area (TPSA) is 51.9 Å². The summed E-state index contributed by atoms with van der Waals surface area (Å²) in [7, 11) is 0. The van der Waals surface area contributed by atoms with E-state index in [0.29, 0.717) is 0 Å². The fourth-order valence-corrected chi connectivity index (χ4v) is 3.74. The molecule has 1 aromatic carbocycles. The van der Waals surface area contributed by atoms with Gasteiger partial charge in [0.1, 0.15) is 5.69 Å². The largest absolute Gasteiger partial charge is 0.315 e. The third-order valence-corrected chi connectivity index (χ3v) is 4.78. The number of aromatic nitrogens is 6. The zero-order valence-corrected chi connectivity index (χ0v) is 13.2. The third kappa shape index (κ3) is 1.58. The molecule has 6 rings (SSSR count). The normalized spacial score (nSPS) is 12.6. The summed E-state index contributed by atoms with van der Waals surface area (Å²) in [5.41, 5.74) is 6.26. The van der Waals surface area contributed by atoms with Crippen LogP contribution in [0, 0.1) is 0 Å². The SMILES string of the molecule is c1ccc(-n2c3[n+](c4c2nc2cccnn24)Cc2ccncc2-3)cc1. The van der Waals surface area contributed by atoms with Crippen LogP contribution < -0.4 is 4.57 Å². The van der Waals surface area contributed by atoms with Crippen LogP contribution in [0.5, 0.6) is 0 Å². The maximum atomic E-state index is 4.85. The first-order chi connectivity index (χ1) is 12.4. The second kappa shape index (κ2) is 4.51. The van der Waals surface area contributed by atoms with Gasteiger partial charge in [0.05, 0.1) is 18.3 Å². The van der Waals surface area contributed by atoms with Crippen molar-refractivity contribution >= 4 is 16.9 Å². The van der Waals surface area contributed by atoms with Crippen molar-refractivity contribution in [2.45, 2.75) is 6.54 Å². The van der Waals surface area contributed by atoms with Gasteiger partial charge < -0.3 is 0 Å². The molecular weight excluding hydrogens is 312 g/mol. The molecule has 0 atom stereocenters. The van der Waals surface area contributed by atoms with Crippen LogP contribution >= 0.6 is 0 Å². The van der Waals surface area contributed by atoms with Crippen LogP contribution in [0.4, 0.5) is 0 Å². The summed E-state index contributed by atoms with van der Waals surface area (Å²) in [4.78, 5) is 9.19. The Bertz CT molecular complexity index is 1270. The standard InChI is InChI=1S/C19H13N6/c1-2-5-14(6-3-1)24-17-19(25-16(22-17)7-4-9-21-25)23-12-13-8-10-20-11-15(13)18(23)24/h1-11H,12H2/q+1. The molecule has 0 spiro atoms. The molecule has 0 fully saturated rings. The van der Waals surface area contributed by atoms with Crippen molar-refractivity contribution in [3.05, 3.63) is 72.7 Å². The molecule has 0 unspecified atom stereocenters. The summed E-state index contributed by atoms with van der Waals surface area (Å²) < 4.78 is 6.40. The third-order valence-electron chi connectivity index (χ3n) is 4.78. The molecule has 5 aromatic rings. The van der Waals surface area contributed by atoms with E-state index in [9.17, 15) is 0 Å². The Morgan fingerprint density at radius 3 is 2.80 bits per heavy atom. The first kappa shape index (κ1) is 12.8. The summed E-state index contributed by atoms with van der Waals surface area (Å²) in [6.45, 7) is 0.799. The Labute approximate surface area is 142 Å². The van der Waals surface area contributed by atoms with Crippen LogP contribution in [0.15, 0.2) is 67.1 Å². The van der Waals surface area contributed by atoms with Gasteiger partial charge in [0.25, 0.3) is 5.65 Å². The van der Waals surface area contributed by atoms with E-state index >= 15 is 0 Å². The summed E-state index contributed by atoms with van der Waals surface area (Å²) in [5, 5.41) is 4.52. The summed E-state index contributed by atoms with van der Waals surface area (Å²) in [5.74, 6) is 1.10. The second-order valence-corrected chi connectivity index (χ2v) is 6.17. The molecule has 6 heteroatoms. The maximum absolute atomic E-state index is 4.85. The minimum Gasteiger partial charge on any atom is -0.264 e. The molecule has 5 heterocycles. The lowest BCUT2D eigenvalue weighted by molar-refractivity contribution is -0.648. The van der Waals surface area contributed by atoms with E-state index in [4.69, 9.17) is 4.98 Å². The Hall–Kier alpha value is -3.54. The van der Waals surface area contributed by atoms with Crippen LogP contribution in [0.1, 0.15) is 5.56 Å². The van der Waals surface area contributed by atoms with Crippen molar-refractivity contribution in [3.63, 3.8) is 0 Å². The number of hydrogen-bond donors (Lipinski definition) is 0. The molecule has 0 radical (unpaired) electrons. The Kier molecular flexibility index (Phi) is 2.31. The monoisotopic (exact) mass is 325 g/mol. The molecule has 0 amide bonds. The fraction of sp³-hybridized carbons (Fsp3) is 0.0526. The van der Waals surface area contributed by atoms with E-state index in [2.05, 4.69) is 37.4 Å². The Morgan fingerprint density at radius 2 is 1.88 bits per heavy atom. The predicted molar refractivity (Wildman–Crippen MR) is 92.3 cm³/mol. The highest BCUT2D eigenvalue weighted by Crippen LogP contribution is 2.33. The van der Waals surface area contributed by atoms with Gasteiger partial charge in [0.15, 0.2) is 0 Å². The van der Waals surface area contributed by atoms with Gasteiger partial charge in [-0.15, -0.1) is 9.61 Å². The second-order valence-electron chi connectivity index (χ2n) is 6.17. The van der Waals surface area contributed by atoms with E-state index in [1.165, 1.54) is 5.56 Å². The van der Waals surface area contributed by atoms with Gasteiger partial charge in [0.2, 0.25) is 11.5 Å². The lowest BCUT2D eigenvalue weighted by atomic mass is 10.2. The molecule has 0 aliphatic carbocycles. The van der Waals surface area contributed by atoms with Crippen molar-refractivity contribution in [2.75, 3.05) is 0 Å². The van der Waals surface area contributed by atoms with Crippen molar-refractivity contribution in [3.8, 4) is 17.1 Å². The molecule has 6 nitrogen and oxygen atoms in total. The first-order valence-corrected chi connectivity index (χ1v) is 8.18. The van der Waals surface area contributed by atoms with Crippen LogP contribution in [0.2, 0.25) is 0 Å². The van der Waals surface area contributed by atoms with Gasteiger partial charge in [-0.3, -0.25) is 4.98 Å². The van der Waals surface area contributed by atoms with Gasteiger partial charge in [0, 0.05) is 24.0 Å². The lowest BCUT2D eigenvalue weighted by Gasteiger charge is -2.02. The van der Waals surface area contributed by atoms with E-state index in [1.807, 2.05) is 47.2 Å². The number of fused-ring (bicyclic) bond motifs is 7. The smallest absolute Gasteiger partial charge is 0.264 e. The fourth-order valence-electron chi connectivity index (χ4n) is 3.74. The average Bonchev–Trinajstić information content (AvgIpc) is 3.29. The van der Waals surface area contributed by atoms with Crippen LogP contribution in [-0.2, 0) is 6.54 Å². The number of hydrogen-bond acceptors (Lipinski definition) is 3. The van der Waals surface area contributed by atoms with Gasteiger partial charge in [-0.1, -0.05) is 18.2 Å². The summed E-state index contributed by atoms with van der Waals surface area (Å²) in [6, 6.07) is 16.3. The molecule has 1 aliphatic rings. The molecule has 25 heavy (non-hydrogen) atoms. The molecule has 0 saturated heterocycles. The van der Waals surface area contributed by atoms with Gasteiger partial charge in [-0.05, 0) is 24.3 Å². The highest BCUT2D eigenvalue weighted by molar-refractivity contribution is 5.78. The van der Waals surface area contributed by atoms with Crippen molar-refractivity contribution < 1.29 is 4.57 Å². The molecule has 4 aromatic heterocycles. The number of nitrogens with zero attached hydrogens (tertiary/aromatic N) is 6. The van der Waals surface area contributed by atoms with Crippen LogP contribution in [-0.4, -0.2) is 24.1 Å². The van der Waals surface area contributed by atoms with Crippen molar-refractivity contribution in [1.82, 2.24) is 24.1 Å². The molecule has 0 N–H and O–H groups in total. The Morgan fingerprint density at radius 1 is 0.960 bits per heavy atom. The summed E-state index contributed by atoms with van der Waals surface area (Å²) in [6.07, 6.45) is 5.58. The summed E-state index contributed by atoms with van der Waals surface area (Å²) >= 11 is 0. The molecule has 0 saturated carbocycles. The lowest BCUT2D eigenvalue weighted by Crippen LogP contribution is -2.32. The van der Waals surface area contributed by atoms with E-state index in [1.54, 1.807) is 6.20 Å². The maximum Gasteiger partial charge on any atom is 0.315 e. The van der Waals surface area contributed by atoms with Gasteiger partial charge >= 0.3 is 5.65 Å². The quantitative estimate of drug-likeness (QED) is 0.436. The zero-order valence-electron chi connectivity index (χ0n) is 13.2. The predicted octanol–water partition coefficient (Wildman–Crippen LogP) is 2.38. The highest BCUT2D eigenvalue weighted by Gasteiger charge is 2.36. The van der Waals surface area contributed by atoms with Crippen molar-refractivity contribution in [2.24, 2.45) is 0 Å². The number of rotatable bonds is 1. The molecule has 118 valence electrons. The average molecular weight is 325 g/mol. The Balaban J connectivity index is 1.83. The molecule has 0 bridgehead atoms. The van der Waals surface area contributed by atoms with Gasteiger partial charge in [-0.25, -0.2) is 9.13 Å². The van der Waals surface area contributed by atoms with E-state index in [0.717, 1.165) is 40.6 Å². The zero-order chi connectivity index (χ0) is 16.4. The van der Waals surface area contributed by atoms with Gasteiger partial charge in [-0.2, -0.15) is 4.98 Å². The highest BCUT2D eigenvalue weighted by atomic mass is 15.4. The molecular formula is C19H13N6+. The number of benzene rings is 1. The first-order valence-electron chi connectivity index (χ1n) is 8.18. The van der Waals surface area contributed by atoms with E-state index in [-0.39, 0.29) is 0 Å². The molecule has 1 aliphatic heterocycles. The number of pyridine rings is 1. The minimum absolute atomic E-state index is 0.799. The minimum atomic E-state index is 0.799.